The molecule has 1 amide bonds. The highest BCUT2D eigenvalue weighted by molar-refractivity contribution is 7.13. The second kappa shape index (κ2) is 7.17. The van der Waals surface area contributed by atoms with Gasteiger partial charge in [0, 0.05) is 12.5 Å². The Kier molecular flexibility index (Phi) is 5.27. The van der Waals surface area contributed by atoms with Gasteiger partial charge in [0.15, 0.2) is 0 Å². The Morgan fingerprint density at radius 3 is 2.50 bits per heavy atom. The maximum absolute atomic E-state index is 12.1. The van der Waals surface area contributed by atoms with Gasteiger partial charge in [0.25, 0.3) is 5.91 Å². The maximum atomic E-state index is 12.1. The summed E-state index contributed by atoms with van der Waals surface area (Å²) in [5, 5.41) is 12.9. The number of hydrogen-bond acceptors (Lipinski definition) is 4. The molecule has 0 aliphatic heterocycles. The summed E-state index contributed by atoms with van der Waals surface area (Å²) >= 11 is 1.33. The Balaban J connectivity index is 2.03. The first-order chi connectivity index (χ1) is 10.5. The van der Waals surface area contributed by atoms with Crippen LogP contribution in [0.15, 0.2) is 36.5 Å². The van der Waals surface area contributed by atoms with E-state index in [1.165, 1.54) is 17.5 Å². The normalized spacial score (nSPS) is 12.1. The minimum absolute atomic E-state index is 0.0487. The molecule has 0 aliphatic rings. The van der Waals surface area contributed by atoms with Gasteiger partial charge in [0.2, 0.25) is 0 Å². The first-order valence-corrected chi connectivity index (χ1v) is 7.82. The second-order valence-electron chi connectivity index (χ2n) is 5.23. The van der Waals surface area contributed by atoms with E-state index in [2.05, 4.69) is 10.3 Å². The van der Waals surface area contributed by atoms with Gasteiger partial charge in [0.1, 0.15) is 4.88 Å². The fraction of sp³-hybridized carbons (Fsp3) is 0.312. The maximum Gasteiger partial charge on any atom is 0.312 e. The Hall–Kier alpha value is -2.21. The molecule has 0 bridgehead atoms. The fourth-order valence-electron chi connectivity index (χ4n) is 1.97. The van der Waals surface area contributed by atoms with Crippen molar-refractivity contribution in [3.8, 4) is 0 Å². The van der Waals surface area contributed by atoms with Gasteiger partial charge in [-0.2, -0.15) is 0 Å². The SMILES string of the molecule is CC(C)c1ncc(C(=O)NCC(C(=O)O)c2ccccc2)s1. The lowest BCUT2D eigenvalue weighted by Crippen LogP contribution is -2.31. The molecule has 1 aromatic heterocycles. The lowest BCUT2D eigenvalue weighted by Gasteiger charge is -2.13. The highest BCUT2D eigenvalue weighted by Crippen LogP contribution is 2.21. The first kappa shape index (κ1) is 16.2. The Bertz CT molecular complexity index is 652. The standard InChI is InChI=1S/C16H18N2O3S/c1-10(2)15-18-9-13(22-15)14(19)17-8-12(16(20)21)11-6-4-3-5-7-11/h3-7,9-10,12H,8H2,1-2H3,(H,17,19)(H,20,21). The number of aliphatic carboxylic acids is 1. The van der Waals surface area contributed by atoms with Crippen molar-refractivity contribution in [2.75, 3.05) is 6.54 Å². The van der Waals surface area contributed by atoms with Crippen LogP contribution in [0.5, 0.6) is 0 Å². The molecule has 2 N–H and O–H groups in total. The van der Waals surface area contributed by atoms with Crippen LogP contribution in [0, 0.1) is 0 Å². The number of rotatable bonds is 6. The van der Waals surface area contributed by atoms with E-state index in [0.717, 1.165) is 5.01 Å². The van der Waals surface area contributed by atoms with Crippen LogP contribution in [0.1, 0.15) is 45.9 Å². The summed E-state index contributed by atoms with van der Waals surface area (Å²) in [6.45, 7) is 4.07. The number of aromatic nitrogens is 1. The third-order valence-electron chi connectivity index (χ3n) is 3.21. The predicted octanol–water partition coefficient (Wildman–Crippen LogP) is 2.86. The zero-order valence-corrected chi connectivity index (χ0v) is 13.3. The molecule has 116 valence electrons. The van der Waals surface area contributed by atoms with E-state index < -0.39 is 11.9 Å². The van der Waals surface area contributed by atoms with Crippen LogP contribution >= 0.6 is 11.3 Å². The molecule has 2 aromatic rings. The average Bonchev–Trinajstić information content (AvgIpc) is 2.98. The van der Waals surface area contributed by atoms with Crippen molar-refractivity contribution < 1.29 is 14.7 Å². The summed E-state index contributed by atoms with van der Waals surface area (Å²) in [5.74, 6) is -1.74. The molecule has 0 saturated carbocycles. The molecular formula is C16H18N2O3S. The van der Waals surface area contributed by atoms with Crippen LogP contribution in [0.2, 0.25) is 0 Å². The average molecular weight is 318 g/mol. The molecule has 0 aliphatic carbocycles. The molecule has 0 spiro atoms. The summed E-state index contributed by atoms with van der Waals surface area (Å²) in [7, 11) is 0. The van der Waals surface area contributed by atoms with Gasteiger partial charge >= 0.3 is 5.97 Å². The number of carbonyl (C=O) groups is 2. The topological polar surface area (TPSA) is 79.3 Å². The van der Waals surface area contributed by atoms with Gasteiger partial charge in [-0.05, 0) is 5.56 Å². The Morgan fingerprint density at radius 2 is 1.95 bits per heavy atom. The highest BCUT2D eigenvalue weighted by atomic mass is 32.1. The number of hydrogen-bond donors (Lipinski definition) is 2. The molecule has 1 aromatic carbocycles. The lowest BCUT2D eigenvalue weighted by molar-refractivity contribution is -0.138. The van der Waals surface area contributed by atoms with E-state index in [-0.39, 0.29) is 18.4 Å². The van der Waals surface area contributed by atoms with E-state index in [0.29, 0.717) is 10.4 Å². The van der Waals surface area contributed by atoms with Crippen LogP contribution in [0.25, 0.3) is 0 Å². The quantitative estimate of drug-likeness (QED) is 0.858. The van der Waals surface area contributed by atoms with Crippen molar-refractivity contribution >= 4 is 23.2 Å². The van der Waals surface area contributed by atoms with Gasteiger partial charge in [-0.25, -0.2) is 4.98 Å². The van der Waals surface area contributed by atoms with E-state index >= 15 is 0 Å². The molecular weight excluding hydrogens is 300 g/mol. The molecule has 0 saturated heterocycles. The van der Waals surface area contributed by atoms with Crippen LogP contribution in [-0.2, 0) is 4.79 Å². The van der Waals surface area contributed by atoms with Gasteiger partial charge < -0.3 is 10.4 Å². The van der Waals surface area contributed by atoms with E-state index in [1.807, 2.05) is 19.9 Å². The zero-order valence-electron chi connectivity index (χ0n) is 12.4. The van der Waals surface area contributed by atoms with Crippen LogP contribution in [-0.4, -0.2) is 28.5 Å². The van der Waals surface area contributed by atoms with Crippen molar-refractivity contribution in [2.45, 2.75) is 25.7 Å². The lowest BCUT2D eigenvalue weighted by atomic mass is 9.99. The molecule has 1 atom stereocenters. The molecule has 0 fully saturated rings. The molecule has 1 unspecified atom stereocenters. The zero-order chi connectivity index (χ0) is 16.1. The van der Waals surface area contributed by atoms with E-state index in [9.17, 15) is 14.7 Å². The summed E-state index contributed by atoms with van der Waals surface area (Å²) in [6, 6.07) is 8.88. The number of carboxylic acid groups (broad SMARTS) is 1. The number of thiazole rings is 1. The first-order valence-electron chi connectivity index (χ1n) is 7.00. The number of nitrogens with zero attached hydrogens (tertiary/aromatic N) is 1. The molecule has 22 heavy (non-hydrogen) atoms. The van der Waals surface area contributed by atoms with Crippen molar-refractivity contribution in [1.29, 1.82) is 0 Å². The molecule has 6 heteroatoms. The summed E-state index contributed by atoms with van der Waals surface area (Å²) in [6.07, 6.45) is 1.54. The van der Waals surface area contributed by atoms with Crippen molar-refractivity contribution in [2.24, 2.45) is 0 Å². The highest BCUT2D eigenvalue weighted by Gasteiger charge is 2.21. The third kappa shape index (κ3) is 3.92. The third-order valence-corrected chi connectivity index (χ3v) is 4.50. The van der Waals surface area contributed by atoms with Crippen molar-refractivity contribution in [1.82, 2.24) is 10.3 Å². The molecule has 5 nitrogen and oxygen atoms in total. The predicted molar refractivity (Wildman–Crippen MR) is 85.4 cm³/mol. The van der Waals surface area contributed by atoms with E-state index in [4.69, 9.17) is 0 Å². The Labute approximate surface area is 133 Å². The molecule has 1 heterocycles. The summed E-state index contributed by atoms with van der Waals surface area (Å²) < 4.78 is 0. The smallest absolute Gasteiger partial charge is 0.312 e. The largest absolute Gasteiger partial charge is 0.481 e. The van der Waals surface area contributed by atoms with Crippen LogP contribution in [0.4, 0.5) is 0 Å². The van der Waals surface area contributed by atoms with Gasteiger partial charge in [-0.3, -0.25) is 9.59 Å². The minimum Gasteiger partial charge on any atom is -0.481 e. The second-order valence-corrected chi connectivity index (χ2v) is 6.29. The fourth-order valence-corrected chi connectivity index (χ4v) is 2.81. The number of carboxylic acids is 1. The van der Waals surface area contributed by atoms with Crippen molar-refractivity contribution in [3.63, 3.8) is 0 Å². The number of carbonyl (C=O) groups excluding carboxylic acids is 1. The van der Waals surface area contributed by atoms with Gasteiger partial charge in [0.05, 0.1) is 17.1 Å². The summed E-state index contributed by atoms with van der Waals surface area (Å²) in [4.78, 5) is 28.2. The van der Waals surface area contributed by atoms with Gasteiger partial charge in [-0.1, -0.05) is 44.2 Å². The van der Waals surface area contributed by atoms with Crippen LogP contribution < -0.4 is 5.32 Å². The monoisotopic (exact) mass is 318 g/mol. The molecule has 0 radical (unpaired) electrons. The summed E-state index contributed by atoms with van der Waals surface area (Å²) in [5.41, 5.74) is 0.669. The molecule has 2 rings (SSSR count). The Morgan fingerprint density at radius 1 is 1.27 bits per heavy atom. The van der Waals surface area contributed by atoms with Crippen LogP contribution in [0.3, 0.4) is 0 Å². The van der Waals surface area contributed by atoms with Crippen molar-refractivity contribution in [3.05, 3.63) is 52.0 Å². The van der Waals surface area contributed by atoms with E-state index in [1.54, 1.807) is 24.3 Å². The number of benzene rings is 1. The number of nitrogens with one attached hydrogen (secondary N) is 1. The van der Waals surface area contributed by atoms with Gasteiger partial charge in [-0.15, -0.1) is 11.3 Å². The number of amides is 1. The minimum atomic E-state index is -0.960.